The number of hydrogen-bond donors (Lipinski definition) is 2. The number of aromatic nitrogens is 2. The zero-order valence-electron chi connectivity index (χ0n) is 15.1. The highest BCUT2D eigenvalue weighted by Gasteiger charge is 2.06. The van der Waals surface area contributed by atoms with Gasteiger partial charge in [0.25, 0.3) is 0 Å². The van der Waals surface area contributed by atoms with Crippen LogP contribution in [0.2, 0.25) is 10.0 Å². The minimum Gasteiger partial charge on any atom is -0.489 e. The van der Waals surface area contributed by atoms with Gasteiger partial charge < -0.3 is 15.0 Å². The highest BCUT2D eigenvalue weighted by atomic mass is 35.5. The zero-order chi connectivity index (χ0) is 19.3. The van der Waals surface area contributed by atoms with Crippen LogP contribution in [0.1, 0.15) is 17.0 Å². The number of para-hydroxylation sites is 3. The van der Waals surface area contributed by atoms with Gasteiger partial charge in [-0.2, -0.15) is 0 Å². The molecular weight excluding hydrogens is 393 g/mol. The first kappa shape index (κ1) is 18.8. The molecule has 2 N–H and O–H groups in total. The fraction of sp³-hybridized carbons (Fsp3) is 0.136. The smallest absolute Gasteiger partial charge is 0.124 e. The third-order valence-electron chi connectivity index (χ3n) is 4.40. The topological polar surface area (TPSA) is 49.9 Å². The molecule has 4 rings (SSSR count). The molecule has 0 amide bonds. The van der Waals surface area contributed by atoms with E-state index in [9.17, 15) is 0 Å². The van der Waals surface area contributed by atoms with Gasteiger partial charge in [0.15, 0.2) is 0 Å². The number of fused-ring (bicyclic) bond motifs is 1. The van der Waals surface area contributed by atoms with Gasteiger partial charge in [0, 0.05) is 12.1 Å². The summed E-state index contributed by atoms with van der Waals surface area (Å²) in [6.07, 6.45) is 0. The summed E-state index contributed by atoms with van der Waals surface area (Å²) in [4.78, 5) is 7.91. The first-order valence-corrected chi connectivity index (χ1v) is 9.73. The number of benzene rings is 3. The van der Waals surface area contributed by atoms with Gasteiger partial charge in [-0.3, -0.25) is 0 Å². The van der Waals surface area contributed by atoms with Crippen LogP contribution in [0.25, 0.3) is 11.0 Å². The number of hydrogen-bond acceptors (Lipinski definition) is 3. The van der Waals surface area contributed by atoms with E-state index >= 15 is 0 Å². The molecule has 0 saturated heterocycles. The van der Waals surface area contributed by atoms with E-state index < -0.39 is 0 Å². The molecule has 0 aliphatic heterocycles. The molecule has 1 aromatic heterocycles. The van der Waals surface area contributed by atoms with E-state index in [4.69, 9.17) is 27.9 Å². The van der Waals surface area contributed by atoms with Crippen molar-refractivity contribution < 1.29 is 4.74 Å². The monoisotopic (exact) mass is 411 g/mol. The number of imidazole rings is 1. The predicted molar refractivity (Wildman–Crippen MR) is 114 cm³/mol. The summed E-state index contributed by atoms with van der Waals surface area (Å²) in [5, 5.41) is 4.50. The molecule has 1 heterocycles. The molecule has 0 unspecified atom stereocenters. The lowest BCUT2D eigenvalue weighted by Gasteiger charge is -2.12. The van der Waals surface area contributed by atoms with Crippen molar-refractivity contribution in [3.05, 3.63) is 93.7 Å². The van der Waals surface area contributed by atoms with E-state index in [0.29, 0.717) is 29.7 Å². The summed E-state index contributed by atoms with van der Waals surface area (Å²) in [6.45, 7) is 1.75. The van der Waals surface area contributed by atoms with Crippen LogP contribution >= 0.6 is 23.2 Å². The van der Waals surface area contributed by atoms with Crippen LogP contribution in [0.15, 0.2) is 66.7 Å². The predicted octanol–water partition coefficient (Wildman–Crippen LogP) is 5.74. The van der Waals surface area contributed by atoms with Gasteiger partial charge in [-0.1, -0.05) is 59.6 Å². The molecular formula is C22H19Cl2N3O. The second-order valence-corrected chi connectivity index (χ2v) is 7.26. The van der Waals surface area contributed by atoms with E-state index in [1.54, 1.807) is 6.07 Å². The molecule has 6 heteroatoms. The largest absolute Gasteiger partial charge is 0.489 e. The molecule has 0 atom stereocenters. The fourth-order valence-electron chi connectivity index (χ4n) is 2.99. The normalized spacial score (nSPS) is 11.1. The van der Waals surface area contributed by atoms with Crippen molar-refractivity contribution in [2.75, 3.05) is 0 Å². The lowest BCUT2D eigenvalue weighted by molar-refractivity contribution is 0.302. The third-order valence-corrected chi connectivity index (χ3v) is 5.14. The molecule has 28 heavy (non-hydrogen) atoms. The van der Waals surface area contributed by atoms with E-state index in [0.717, 1.165) is 33.7 Å². The average Bonchev–Trinajstić information content (AvgIpc) is 3.12. The number of halogens is 2. The molecule has 142 valence electrons. The molecule has 4 aromatic rings. The Hall–Kier alpha value is -2.53. The van der Waals surface area contributed by atoms with Crippen molar-refractivity contribution in [2.45, 2.75) is 19.7 Å². The Morgan fingerprint density at radius 2 is 1.71 bits per heavy atom. The third kappa shape index (κ3) is 4.47. The van der Waals surface area contributed by atoms with Crippen molar-refractivity contribution in [3.63, 3.8) is 0 Å². The molecule has 0 spiro atoms. The molecule has 3 aromatic carbocycles. The molecule has 0 bridgehead atoms. The standard InChI is InChI=1S/C22H19Cl2N3O/c23-17-10-9-15(11-18(17)24)14-28-21-8-4-1-5-16(21)12-25-13-22-26-19-6-2-3-7-20(19)27-22/h1-11,25H,12-14H2,(H,26,27). The van der Waals surface area contributed by atoms with Gasteiger partial charge >= 0.3 is 0 Å². The number of nitrogens with one attached hydrogen (secondary N) is 2. The maximum atomic E-state index is 6.08. The minimum absolute atomic E-state index is 0.428. The molecule has 0 aliphatic carbocycles. The molecule has 0 fully saturated rings. The Balaban J connectivity index is 1.37. The molecule has 4 nitrogen and oxygen atoms in total. The molecule has 0 saturated carbocycles. The minimum atomic E-state index is 0.428. The highest BCUT2D eigenvalue weighted by Crippen LogP contribution is 2.24. The van der Waals surface area contributed by atoms with Gasteiger partial charge in [0.2, 0.25) is 0 Å². The number of aromatic amines is 1. The second-order valence-electron chi connectivity index (χ2n) is 6.45. The lowest BCUT2D eigenvalue weighted by atomic mass is 10.2. The Labute approximate surface area is 173 Å². The highest BCUT2D eigenvalue weighted by molar-refractivity contribution is 6.42. The van der Waals surface area contributed by atoms with Crippen LogP contribution in [0, 0.1) is 0 Å². The Morgan fingerprint density at radius 3 is 2.57 bits per heavy atom. The second kappa shape index (κ2) is 8.65. The quantitative estimate of drug-likeness (QED) is 0.407. The maximum absolute atomic E-state index is 6.08. The summed E-state index contributed by atoms with van der Waals surface area (Å²) in [6, 6.07) is 21.5. The first-order valence-electron chi connectivity index (χ1n) is 8.98. The number of ether oxygens (including phenoxy) is 1. The Morgan fingerprint density at radius 1 is 0.893 bits per heavy atom. The summed E-state index contributed by atoms with van der Waals surface area (Å²) in [5.74, 6) is 1.75. The van der Waals surface area contributed by atoms with Crippen molar-refractivity contribution in [3.8, 4) is 5.75 Å². The summed E-state index contributed by atoms with van der Waals surface area (Å²) in [7, 11) is 0. The van der Waals surface area contributed by atoms with E-state index in [1.165, 1.54) is 0 Å². The van der Waals surface area contributed by atoms with Crippen LogP contribution in [0.5, 0.6) is 5.75 Å². The van der Waals surface area contributed by atoms with Crippen molar-refractivity contribution in [1.82, 2.24) is 15.3 Å². The van der Waals surface area contributed by atoms with Gasteiger partial charge in [0.05, 0.1) is 27.6 Å². The summed E-state index contributed by atoms with van der Waals surface area (Å²) in [5.41, 5.74) is 4.08. The van der Waals surface area contributed by atoms with E-state index in [2.05, 4.69) is 21.4 Å². The van der Waals surface area contributed by atoms with Gasteiger partial charge in [-0.15, -0.1) is 0 Å². The van der Waals surface area contributed by atoms with Gasteiger partial charge in [0.1, 0.15) is 18.2 Å². The first-order chi connectivity index (χ1) is 13.7. The van der Waals surface area contributed by atoms with Gasteiger partial charge in [-0.05, 0) is 35.9 Å². The van der Waals surface area contributed by atoms with Crippen LogP contribution in [0.4, 0.5) is 0 Å². The summed E-state index contributed by atoms with van der Waals surface area (Å²) >= 11 is 12.0. The zero-order valence-corrected chi connectivity index (χ0v) is 16.6. The number of H-pyrrole nitrogens is 1. The lowest BCUT2D eigenvalue weighted by Crippen LogP contribution is -2.14. The fourth-order valence-corrected chi connectivity index (χ4v) is 3.31. The van der Waals surface area contributed by atoms with E-state index in [-0.39, 0.29) is 0 Å². The number of nitrogens with zero attached hydrogens (tertiary/aromatic N) is 1. The molecule has 0 radical (unpaired) electrons. The maximum Gasteiger partial charge on any atom is 0.124 e. The SMILES string of the molecule is Clc1ccc(COc2ccccc2CNCc2nc3ccccc3[nH]2)cc1Cl. The van der Waals surface area contributed by atoms with Crippen molar-refractivity contribution >= 4 is 34.2 Å². The average molecular weight is 412 g/mol. The van der Waals surface area contributed by atoms with Gasteiger partial charge in [-0.25, -0.2) is 4.98 Å². The van der Waals surface area contributed by atoms with Crippen molar-refractivity contribution in [2.24, 2.45) is 0 Å². The van der Waals surface area contributed by atoms with E-state index in [1.807, 2.05) is 54.6 Å². The van der Waals surface area contributed by atoms with Crippen LogP contribution < -0.4 is 10.1 Å². The molecule has 0 aliphatic rings. The van der Waals surface area contributed by atoms with Crippen LogP contribution in [-0.4, -0.2) is 9.97 Å². The Bertz CT molecular complexity index is 1060. The van der Waals surface area contributed by atoms with Crippen LogP contribution in [0.3, 0.4) is 0 Å². The van der Waals surface area contributed by atoms with Crippen molar-refractivity contribution in [1.29, 1.82) is 0 Å². The number of rotatable bonds is 7. The summed E-state index contributed by atoms with van der Waals surface area (Å²) < 4.78 is 6.00. The Kier molecular flexibility index (Phi) is 5.81. The van der Waals surface area contributed by atoms with Crippen LogP contribution in [-0.2, 0) is 19.7 Å².